The molecule has 0 radical (unpaired) electrons. The lowest BCUT2D eigenvalue weighted by molar-refractivity contribution is -0.137. The number of nitrogens with one attached hydrogen (secondary N) is 2. The zero-order valence-corrected chi connectivity index (χ0v) is 14.5. The SMILES string of the molecule is O=C(CNc1ccccc1)NN=Cc1ccc(-c2cccc(C(F)(F)F)c2)o1. The molecular weight excluding hydrogens is 371 g/mol. The first-order chi connectivity index (χ1) is 13.4. The third-order valence-electron chi connectivity index (χ3n) is 3.71. The summed E-state index contributed by atoms with van der Waals surface area (Å²) in [5.41, 5.74) is 2.68. The molecule has 1 amide bonds. The Morgan fingerprint density at radius 1 is 1.04 bits per heavy atom. The van der Waals surface area contributed by atoms with Gasteiger partial charge in [0.25, 0.3) is 5.91 Å². The lowest BCUT2D eigenvalue weighted by atomic mass is 10.1. The number of para-hydroxylation sites is 1. The highest BCUT2D eigenvalue weighted by Gasteiger charge is 2.30. The number of rotatable bonds is 6. The van der Waals surface area contributed by atoms with Crippen LogP contribution in [0.3, 0.4) is 0 Å². The van der Waals surface area contributed by atoms with E-state index in [2.05, 4.69) is 15.8 Å². The maximum Gasteiger partial charge on any atom is 0.416 e. The van der Waals surface area contributed by atoms with E-state index in [1.165, 1.54) is 24.4 Å². The number of benzene rings is 2. The maximum absolute atomic E-state index is 12.8. The summed E-state index contributed by atoms with van der Waals surface area (Å²) in [5.74, 6) is 0.207. The van der Waals surface area contributed by atoms with Gasteiger partial charge in [-0.05, 0) is 36.4 Å². The predicted octanol–water partition coefficient (Wildman–Crippen LogP) is 4.53. The highest BCUT2D eigenvalue weighted by molar-refractivity contribution is 5.83. The molecule has 3 rings (SSSR count). The van der Waals surface area contributed by atoms with E-state index in [-0.39, 0.29) is 18.2 Å². The first-order valence-electron chi connectivity index (χ1n) is 8.30. The van der Waals surface area contributed by atoms with Gasteiger partial charge in [0, 0.05) is 11.3 Å². The molecule has 144 valence electrons. The number of alkyl halides is 3. The number of carbonyl (C=O) groups excluding carboxylic acids is 1. The van der Waals surface area contributed by atoms with Gasteiger partial charge in [-0.2, -0.15) is 18.3 Å². The fourth-order valence-corrected chi connectivity index (χ4v) is 2.37. The Morgan fingerprint density at radius 2 is 1.82 bits per heavy atom. The Morgan fingerprint density at radius 3 is 2.57 bits per heavy atom. The second-order valence-corrected chi connectivity index (χ2v) is 5.79. The van der Waals surface area contributed by atoms with Crippen LogP contribution < -0.4 is 10.7 Å². The van der Waals surface area contributed by atoms with Crippen LogP contribution in [0, 0.1) is 0 Å². The average molecular weight is 387 g/mol. The zero-order chi connectivity index (χ0) is 20.0. The normalized spacial score (nSPS) is 11.5. The first-order valence-corrected chi connectivity index (χ1v) is 8.30. The summed E-state index contributed by atoms with van der Waals surface area (Å²) in [7, 11) is 0. The number of carbonyl (C=O) groups is 1. The molecule has 2 aromatic carbocycles. The number of anilines is 1. The molecule has 28 heavy (non-hydrogen) atoms. The summed E-state index contributed by atoms with van der Waals surface area (Å²) < 4.78 is 43.9. The molecule has 0 spiro atoms. The number of furan rings is 1. The van der Waals surface area contributed by atoms with E-state index in [0.29, 0.717) is 11.3 Å². The van der Waals surface area contributed by atoms with Gasteiger partial charge in [-0.3, -0.25) is 4.79 Å². The molecule has 0 fully saturated rings. The summed E-state index contributed by atoms with van der Waals surface area (Å²) in [4.78, 5) is 11.7. The van der Waals surface area contributed by atoms with Crippen LogP contribution in [0.25, 0.3) is 11.3 Å². The van der Waals surface area contributed by atoms with Crippen LogP contribution in [-0.2, 0) is 11.0 Å². The van der Waals surface area contributed by atoms with Crippen molar-refractivity contribution in [2.75, 3.05) is 11.9 Å². The molecule has 0 bridgehead atoms. The third-order valence-corrected chi connectivity index (χ3v) is 3.71. The average Bonchev–Trinajstić information content (AvgIpc) is 3.16. The molecule has 0 saturated heterocycles. The van der Waals surface area contributed by atoms with Gasteiger partial charge >= 0.3 is 6.18 Å². The monoisotopic (exact) mass is 387 g/mol. The molecule has 8 heteroatoms. The molecule has 1 heterocycles. The van der Waals surface area contributed by atoms with Gasteiger partial charge in [0.15, 0.2) is 0 Å². The Balaban J connectivity index is 1.56. The van der Waals surface area contributed by atoms with Crippen molar-refractivity contribution >= 4 is 17.8 Å². The van der Waals surface area contributed by atoms with Gasteiger partial charge < -0.3 is 9.73 Å². The molecule has 3 aromatic rings. The van der Waals surface area contributed by atoms with E-state index in [4.69, 9.17) is 4.42 Å². The number of nitrogens with zero attached hydrogens (tertiary/aromatic N) is 1. The molecule has 0 aliphatic heterocycles. The summed E-state index contributed by atoms with van der Waals surface area (Å²) in [6, 6.07) is 17.1. The van der Waals surface area contributed by atoms with Crippen LogP contribution in [0.2, 0.25) is 0 Å². The molecule has 0 aliphatic carbocycles. The number of hydrazone groups is 1. The van der Waals surface area contributed by atoms with Crippen LogP contribution in [0.15, 0.2) is 76.2 Å². The van der Waals surface area contributed by atoms with Gasteiger partial charge in [-0.15, -0.1) is 0 Å². The van der Waals surface area contributed by atoms with Crippen LogP contribution in [0.1, 0.15) is 11.3 Å². The minimum Gasteiger partial charge on any atom is -0.455 e. The van der Waals surface area contributed by atoms with Crippen molar-refractivity contribution in [3.8, 4) is 11.3 Å². The van der Waals surface area contributed by atoms with Crippen molar-refractivity contribution in [2.24, 2.45) is 5.10 Å². The van der Waals surface area contributed by atoms with Crippen LogP contribution in [-0.4, -0.2) is 18.7 Å². The highest BCUT2D eigenvalue weighted by Crippen LogP contribution is 2.32. The quantitative estimate of drug-likeness (QED) is 0.483. The second-order valence-electron chi connectivity index (χ2n) is 5.79. The fourth-order valence-electron chi connectivity index (χ4n) is 2.37. The topological polar surface area (TPSA) is 66.6 Å². The summed E-state index contributed by atoms with van der Waals surface area (Å²) in [5, 5.41) is 6.71. The van der Waals surface area contributed by atoms with Crippen LogP contribution in [0.4, 0.5) is 18.9 Å². The summed E-state index contributed by atoms with van der Waals surface area (Å²) in [6.45, 7) is 0.0367. The Hall–Kier alpha value is -3.55. The smallest absolute Gasteiger partial charge is 0.416 e. The van der Waals surface area contributed by atoms with Gasteiger partial charge in [-0.1, -0.05) is 30.3 Å². The largest absolute Gasteiger partial charge is 0.455 e. The van der Waals surface area contributed by atoms with Crippen molar-refractivity contribution in [1.29, 1.82) is 0 Å². The van der Waals surface area contributed by atoms with E-state index in [1.807, 2.05) is 30.3 Å². The lowest BCUT2D eigenvalue weighted by Crippen LogP contribution is -2.25. The van der Waals surface area contributed by atoms with Crippen molar-refractivity contribution < 1.29 is 22.4 Å². The van der Waals surface area contributed by atoms with E-state index >= 15 is 0 Å². The summed E-state index contributed by atoms with van der Waals surface area (Å²) in [6.07, 6.45) is -3.15. The highest BCUT2D eigenvalue weighted by atomic mass is 19.4. The molecule has 5 nitrogen and oxygen atoms in total. The van der Waals surface area contributed by atoms with Crippen molar-refractivity contribution in [3.63, 3.8) is 0 Å². The van der Waals surface area contributed by atoms with E-state index < -0.39 is 11.7 Å². The molecule has 0 unspecified atom stereocenters. The van der Waals surface area contributed by atoms with Crippen LogP contribution >= 0.6 is 0 Å². The number of halogens is 3. The molecule has 0 saturated carbocycles. The molecular formula is C20H16F3N3O2. The maximum atomic E-state index is 12.8. The summed E-state index contributed by atoms with van der Waals surface area (Å²) >= 11 is 0. The molecule has 0 aliphatic rings. The Bertz CT molecular complexity index is 966. The third kappa shape index (κ3) is 5.23. The minimum atomic E-state index is -4.43. The number of amides is 1. The van der Waals surface area contributed by atoms with Gasteiger partial charge in [0.2, 0.25) is 0 Å². The minimum absolute atomic E-state index is 0.0367. The lowest BCUT2D eigenvalue weighted by Gasteiger charge is -2.07. The van der Waals surface area contributed by atoms with Crippen molar-refractivity contribution in [1.82, 2.24) is 5.43 Å². The standard InChI is InChI=1S/C20H16F3N3O2/c21-20(22,23)15-6-4-5-14(11-15)18-10-9-17(28-18)12-25-26-19(27)13-24-16-7-2-1-3-8-16/h1-12,24H,13H2,(H,26,27). The first kappa shape index (κ1) is 19.2. The van der Waals surface area contributed by atoms with E-state index in [9.17, 15) is 18.0 Å². The fraction of sp³-hybridized carbons (Fsp3) is 0.100. The second kappa shape index (κ2) is 8.43. The predicted molar refractivity (Wildman–Crippen MR) is 99.8 cm³/mol. The van der Waals surface area contributed by atoms with Crippen molar-refractivity contribution in [2.45, 2.75) is 6.18 Å². The Labute approximate surface area is 158 Å². The number of hydrogen-bond acceptors (Lipinski definition) is 4. The van der Waals surface area contributed by atoms with Gasteiger partial charge in [0.1, 0.15) is 11.5 Å². The van der Waals surface area contributed by atoms with Crippen molar-refractivity contribution in [3.05, 3.63) is 78.1 Å². The zero-order valence-electron chi connectivity index (χ0n) is 14.5. The van der Waals surface area contributed by atoms with Gasteiger partial charge in [0.05, 0.1) is 18.3 Å². The number of hydrogen-bond donors (Lipinski definition) is 2. The van der Waals surface area contributed by atoms with E-state index in [0.717, 1.165) is 17.8 Å². The molecule has 1 aromatic heterocycles. The van der Waals surface area contributed by atoms with Gasteiger partial charge in [-0.25, -0.2) is 5.43 Å². The van der Waals surface area contributed by atoms with E-state index in [1.54, 1.807) is 6.07 Å². The van der Waals surface area contributed by atoms with Crippen LogP contribution in [0.5, 0.6) is 0 Å². The molecule has 2 N–H and O–H groups in total. The molecule has 0 atom stereocenters. The Kier molecular flexibility index (Phi) is 5.78.